The van der Waals surface area contributed by atoms with Gasteiger partial charge in [0.2, 0.25) is 0 Å². The number of hydrogen-bond donors (Lipinski definition) is 0. The molecular formula is C67H50N4. The zero-order valence-corrected chi connectivity index (χ0v) is 39.5. The number of hydrogen-bond acceptors (Lipinski definition) is 4. The highest BCUT2D eigenvalue weighted by Gasteiger charge is 2.22. The topological polar surface area (TPSA) is 13.0 Å². The Morgan fingerprint density at radius 3 is 1.27 bits per heavy atom. The molecule has 0 aliphatic heterocycles. The largest absolute Gasteiger partial charge is 0.310 e. The van der Waals surface area contributed by atoms with E-state index in [9.17, 15) is 0 Å². The molecule has 10 aromatic rings. The summed E-state index contributed by atoms with van der Waals surface area (Å²) in [7, 11) is 0. The van der Waals surface area contributed by atoms with Gasteiger partial charge in [0, 0.05) is 67.5 Å². The van der Waals surface area contributed by atoms with Gasteiger partial charge in [0.15, 0.2) is 0 Å². The van der Waals surface area contributed by atoms with E-state index in [1.165, 1.54) is 21.5 Å². The number of fused-ring (bicyclic) bond motifs is 3. The van der Waals surface area contributed by atoms with Gasteiger partial charge in [-0.05, 0) is 163 Å². The van der Waals surface area contributed by atoms with E-state index in [0.29, 0.717) is 0 Å². The van der Waals surface area contributed by atoms with Gasteiger partial charge in [-0.3, -0.25) is 0 Å². The smallest absolute Gasteiger partial charge is 0.0546 e. The van der Waals surface area contributed by atoms with Crippen LogP contribution in [-0.4, -0.2) is 0 Å². The van der Waals surface area contributed by atoms with Crippen molar-refractivity contribution in [2.24, 2.45) is 0 Å². The predicted molar refractivity (Wildman–Crippen MR) is 303 cm³/mol. The molecule has 1 aliphatic rings. The summed E-state index contributed by atoms with van der Waals surface area (Å²) in [5.41, 5.74) is 21.1. The molecule has 4 heteroatoms. The van der Waals surface area contributed by atoms with E-state index >= 15 is 0 Å². The van der Waals surface area contributed by atoms with Crippen molar-refractivity contribution in [3.05, 3.63) is 296 Å². The molecule has 0 heterocycles. The first kappa shape index (κ1) is 44.0. The number of para-hydroxylation sites is 2. The van der Waals surface area contributed by atoms with E-state index in [-0.39, 0.29) is 0 Å². The maximum atomic E-state index is 4.09. The molecule has 0 amide bonds. The third kappa shape index (κ3) is 8.77. The zero-order valence-electron chi connectivity index (χ0n) is 39.5. The lowest BCUT2D eigenvalue weighted by molar-refractivity contribution is 1.19. The molecule has 0 atom stereocenters. The van der Waals surface area contributed by atoms with E-state index < -0.39 is 0 Å². The third-order valence-corrected chi connectivity index (χ3v) is 12.9. The van der Waals surface area contributed by atoms with Crippen LogP contribution in [0.25, 0.3) is 33.7 Å². The monoisotopic (exact) mass is 910 g/mol. The van der Waals surface area contributed by atoms with Gasteiger partial charge >= 0.3 is 0 Å². The lowest BCUT2D eigenvalue weighted by Gasteiger charge is -2.31. The summed E-state index contributed by atoms with van der Waals surface area (Å²) >= 11 is 0. The van der Waals surface area contributed by atoms with Crippen LogP contribution in [0.15, 0.2) is 285 Å². The van der Waals surface area contributed by atoms with Crippen molar-refractivity contribution in [2.75, 3.05) is 19.6 Å². The quantitative estimate of drug-likeness (QED) is 0.0796. The number of benzene rings is 10. The molecule has 71 heavy (non-hydrogen) atoms. The average molecular weight is 911 g/mol. The van der Waals surface area contributed by atoms with Gasteiger partial charge in [-0.2, -0.15) is 0 Å². The van der Waals surface area contributed by atoms with Gasteiger partial charge in [-0.15, -0.1) is 0 Å². The van der Waals surface area contributed by atoms with Crippen LogP contribution in [0, 0.1) is 0 Å². The van der Waals surface area contributed by atoms with Crippen molar-refractivity contribution in [3.8, 4) is 0 Å². The molecule has 0 bridgehead atoms. The van der Waals surface area contributed by atoms with Crippen LogP contribution in [0.2, 0.25) is 0 Å². The Kier molecular flexibility index (Phi) is 12.4. The third-order valence-electron chi connectivity index (χ3n) is 12.9. The fourth-order valence-electron chi connectivity index (χ4n) is 9.72. The Bertz CT molecular complexity index is 3510. The van der Waals surface area contributed by atoms with Crippen molar-refractivity contribution in [1.82, 2.24) is 0 Å². The number of nitrogens with zero attached hydrogens (tertiary/aromatic N) is 4. The van der Waals surface area contributed by atoms with Crippen LogP contribution in [0.1, 0.15) is 18.1 Å². The average Bonchev–Trinajstić information content (AvgIpc) is 3.43. The van der Waals surface area contributed by atoms with E-state index in [1.54, 1.807) is 0 Å². The van der Waals surface area contributed by atoms with Crippen molar-refractivity contribution in [3.63, 3.8) is 0 Å². The highest BCUT2D eigenvalue weighted by Crippen LogP contribution is 2.45. The number of rotatable bonds is 14. The van der Waals surface area contributed by atoms with Crippen LogP contribution in [0.4, 0.5) is 62.6 Å². The molecule has 11 rings (SSSR count). The van der Waals surface area contributed by atoms with Gasteiger partial charge < -0.3 is 19.6 Å². The minimum atomic E-state index is 0.988. The lowest BCUT2D eigenvalue weighted by atomic mass is 10.0. The van der Waals surface area contributed by atoms with Crippen molar-refractivity contribution in [2.45, 2.75) is 6.92 Å². The second-order valence-corrected chi connectivity index (χ2v) is 17.2. The molecule has 0 aromatic heterocycles. The van der Waals surface area contributed by atoms with Gasteiger partial charge in [-0.1, -0.05) is 152 Å². The molecular weight excluding hydrogens is 861 g/mol. The van der Waals surface area contributed by atoms with Crippen LogP contribution < -0.4 is 19.6 Å². The fourth-order valence-corrected chi connectivity index (χ4v) is 9.72. The molecule has 0 N–H and O–H groups in total. The van der Waals surface area contributed by atoms with Crippen LogP contribution in [-0.2, 0) is 0 Å². The van der Waals surface area contributed by atoms with Gasteiger partial charge in [0.05, 0.1) is 17.1 Å². The Labute approximate surface area is 416 Å². The van der Waals surface area contributed by atoms with E-state index in [1.807, 2.05) is 25.2 Å². The standard InChI is InChI=1S/C67H50N4/c1-3-20-53(21-4-2)69(65-35-17-25-50-22-11-14-32-62(50)65)59-44-38-56(39-45-59)68(57-40-46-60(47-41-57)70(54-28-7-5-8-29-54)66-36-18-26-51-23-12-15-33-63(51)66)58-42-48-61(49-43-58)71(55-30-9-6-10-31-55)67-37-19-27-52-24-13-16-34-64(52)67/h3-10,12-13,15-49H,1H2,2H3. The molecule has 0 radical (unpaired) electrons. The van der Waals surface area contributed by atoms with Crippen LogP contribution >= 0.6 is 0 Å². The predicted octanol–water partition coefficient (Wildman–Crippen LogP) is 19.0. The molecule has 4 nitrogen and oxygen atoms in total. The second-order valence-electron chi connectivity index (χ2n) is 17.2. The zero-order chi connectivity index (χ0) is 47.9. The number of anilines is 11. The van der Waals surface area contributed by atoms with E-state index in [0.717, 1.165) is 79.4 Å². The summed E-state index contributed by atoms with van der Waals surface area (Å²) in [5.74, 6) is 0. The van der Waals surface area contributed by atoms with Gasteiger partial charge in [0.25, 0.3) is 0 Å². The molecule has 1 aliphatic carbocycles. The number of allylic oxidation sites excluding steroid dienone is 4. The van der Waals surface area contributed by atoms with Crippen LogP contribution in [0.3, 0.4) is 0 Å². The van der Waals surface area contributed by atoms with Crippen molar-refractivity contribution >= 4 is 96.3 Å². The molecule has 0 spiro atoms. The first-order chi connectivity index (χ1) is 35.2. The summed E-state index contributed by atoms with van der Waals surface area (Å²) in [4.78, 5) is 9.32. The Balaban J connectivity index is 1.04. The Morgan fingerprint density at radius 1 is 0.380 bits per heavy atom. The Hall–Kier alpha value is -9.56. The second kappa shape index (κ2) is 20.0. The summed E-state index contributed by atoms with van der Waals surface area (Å²) in [5, 5.41) is 4.76. The molecule has 0 saturated heterocycles. The first-order valence-electron chi connectivity index (χ1n) is 24.0. The summed E-state index contributed by atoms with van der Waals surface area (Å²) in [6.07, 6.45) is 12.1. The summed E-state index contributed by atoms with van der Waals surface area (Å²) in [6.45, 7) is 6.13. The molecule has 0 fully saturated rings. The summed E-state index contributed by atoms with van der Waals surface area (Å²) in [6, 6.07) is 84.6. The van der Waals surface area contributed by atoms with Gasteiger partial charge in [0.1, 0.15) is 0 Å². The van der Waals surface area contributed by atoms with E-state index in [4.69, 9.17) is 0 Å². The fraction of sp³-hybridized carbons (Fsp3) is 0.0149. The maximum absolute atomic E-state index is 4.09. The molecule has 0 saturated carbocycles. The molecule has 10 aromatic carbocycles. The van der Waals surface area contributed by atoms with Crippen molar-refractivity contribution < 1.29 is 0 Å². The Morgan fingerprint density at radius 2 is 0.775 bits per heavy atom. The molecule has 0 unspecified atom stereocenters. The highest BCUT2D eigenvalue weighted by molar-refractivity contribution is 6.00. The minimum absolute atomic E-state index is 0.988. The maximum Gasteiger partial charge on any atom is 0.0546 e. The SMILES string of the molecule is C=CC=C(C=CC)N(c1ccc(N(c2ccc(N(c3ccccc3)c3cccc4ccccc34)cc2)c2ccc(N(c3ccccc3)c3cccc4ccccc34)cc2)cc1)c1cccc2c1C=C=C=C2. The lowest BCUT2D eigenvalue weighted by Crippen LogP contribution is -2.17. The van der Waals surface area contributed by atoms with E-state index in [2.05, 4.69) is 292 Å². The summed E-state index contributed by atoms with van der Waals surface area (Å²) < 4.78 is 0. The molecule has 338 valence electrons. The minimum Gasteiger partial charge on any atom is -0.310 e. The van der Waals surface area contributed by atoms with Crippen LogP contribution in [0.5, 0.6) is 0 Å². The highest BCUT2D eigenvalue weighted by atomic mass is 15.2. The van der Waals surface area contributed by atoms with Crippen molar-refractivity contribution in [1.29, 1.82) is 0 Å². The normalized spacial score (nSPS) is 11.8. The van der Waals surface area contributed by atoms with Gasteiger partial charge in [-0.25, -0.2) is 0 Å². The first-order valence-corrected chi connectivity index (χ1v) is 24.0.